The number of rotatable bonds is 4. The number of benzene rings is 1. The van der Waals surface area contributed by atoms with Crippen molar-refractivity contribution >= 4 is 34.7 Å². The average Bonchev–Trinajstić information content (AvgIpc) is 2.83. The van der Waals surface area contributed by atoms with Gasteiger partial charge in [0.25, 0.3) is 0 Å². The SMILES string of the molecule is CN(C)c1cc(CN2CC=CCC2)c(O)c2c1C[C@H]1C[C@H]3CC(=O)C(C(N)=O)C(=O)[C@@]3(O)C(=O)C1C2=O. The molecule has 37 heavy (non-hydrogen) atoms. The first kappa shape index (κ1) is 25.3. The molecule has 0 aromatic heterocycles. The van der Waals surface area contributed by atoms with Gasteiger partial charge < -0.3 is 20.8 Å². The maximum absolute atomic E-state index is 13.9. The Morgan fingerprint density at radius 1 is 1.16 bits per heavy atom. The van der Waals surface area contributed by atoms with Crippen molar-refractivity contribution in [2.75, 3.05) is 32.1 Å². The topological polar surface area (TPSA) is 158 Å². The number of nitrogens with two attached hydrogens (primary N) is 1. The van der Waals surface area contributed by atoms with Crippen molar-refractivity contribution in [1.82, 2.24) is 4.90 Å². The Balaban J connectivity index is 1.58. The van der Waals surface area contributed by atoms with E-state index in [2.05, 4.69) is 11.0 Å². The summed E-state index contributed by atoms with van der Waals surface area (Å²) in [5.74, 6) is -9.90. The Kier molecular flexibility index (Phi) is 6.07. The van der Waals surface area contributed by atoms with E-state index in [0.29, 0.717) is 24.2 Å². The lowest BCUT2D eigenvalue weighted by atomic mass is 9.53. The van der Waals surface area contributed by atoms with Gasteiger partial charge in [0.15, 0.2) is 34.7 Å². The molecule has 4 N–H and O–H groups in total. The molecule has 0 saturated heterocycles. The zero-order valence-corrected chi connectivity index (χ0v) is 20.9. The second kappa shape index (κ2) is 8.88. The largest absolute Gasteiger partial charge is 0.507 e. The molecule has 0 bridgehead atoms. The number of Topliss-reactive ketones (excluding diaryl/α,β-unsaturated/α-hetero) is 4. The zero-order valence-electron chi connectivity index (χ0n) is 20.9. The molecule has 2 unspecified atom stereocenters. The van der Waals surface area contributed by atoms with Gasteiger partial charge >= 0.3 is 0 Å². The van der Waals surface area contributed by atoms with E-state index in [0.717, 1.165) is 18.7 Å². The number of nitrogens with zero attached hydrogens (tertiary/aromatic N) is 2. The third-order valence-corrected chi connectivity index (χ3v) is 8.48. The zero-order chi connectivity index (χ0) is 26.8. The fourth-order valence-corrected chi connectivity index (χ4v) is 6.66. The molecule has 0 radical (unpaired) electrons. The summed E-state index contributed by atoms with van der Waals surface area (Å²) >= 11 is 0. The van der Waals surface area contributed by atoms with Gasteiger partial charge in [-0.05, 0) is 36.8 Å². The molecule has 1 aromatic rings. The molecule has 10 heteroatoms. The van der Waals surface area contributed by atoms with Gasteiger partial charge in [0.2, 0.25) is 5.91 Å². The van der Waals surface area contributed by atoms with Gasteiger partial charge in [-0.15, -0.1) is 0 Å². The van der Waals surface area contributed by atoms with Crippen molar-refractivity contribution in [3.8, 4) is 5.75 Å². The molecule has 3 aliphatic carbocycles. The van der Waals surface area contributed by atoms with Gasteiger partial charge in [-0.2, -0.15) is 0 Å². The minimum absolute atomic E-state index is 0.0381. The van der Waals surface area contributed by atoms with Crippen molar-refractivity contribution in [3.05, 3.63) is 34.9 Å². The van der Waals surface area contributed by atoms with Crippen LogP contribution in [0.2, 0.25) is 0 Å². The maximum Gasteiger partial charge on any atom is 0.235 e. The van der Waals surface area contributed by atoms with E-state index in [1.807, 2.05) is 31.1 Å². The fourth-order valence-electron chi connectivity index (χ4n) is 6.66. The second-order valence-electron chi connectivity index (χ2n) is 10.9. The highest BCUT2D eigenvalue weighted by atomic mass is 16.3. The number of aromatic hydroxyl groups is 1. The van der Waals surface area contributed by atoms with Crippen LogP contribution in [0.3, 0.4) is 0 Å². The van der Waals surface area contributed by atoms with Gasteiger partial charge in [0.1, 0.15) is 5.75 Å². The quantitative estimate of drug-likeness (QED) is 0.380. The average molecular weight is 510 g/mol. The summed E-state index contributed by atoms with van der Waals surface area (Å²) in [6.45, 7) is 1.92. The predicted octanol–water partition coefficient (Wildman–Crippen LogP) is 0.155. The summed E-state index contributed by atoms with van der Waals surface area (Å²) in [5.41, 5.74) is 4.55. The predicted molar refractivity (Wildman–Crippen MR) is 132 cm³/mol. The second-order valence-corrected chi connectivity index (χ2v) is 10.9. The van der Waals surface area contributed by atoms with Crippen molar-refractivity contribution in [2.45, 2.75) is 37.8 Å². The number of carbonyl (C=O) groups is 5. The number of hydrogen-bond acceptors (Lipinski definition) is 9. The molecule has 2 saturated carbocycles. The molecule has 4 aliphatic rings. The Morgan fingerprint density at radius 2 is 1.89 bits per heavy atom. The monoisotopic (exact) mass is 509 g/mol. The summed E-state index contributed by atoms with van der Waals surface area (Å²) in [6, 6.07) is 1.87. The maximum atomic E-state index is 13.9. The van der Waals surface area contributed by atoms with Gasteiger partial charge in [0, 0.05) is 57.3 Å². The van der Waals surface area contributed by atoms with Gasteiger partial charge in [-0.1, -0.05) is 12.2 Å². The fraction of sp³-hybridized carbons (Fsp3) is 0.519. The van der Waals surface area contributed by atoms with E-state index < -0.39 is 58.3 Å². The van der Waals surface area contributed by atoms with E-state index in [9.17, 15) is 34.2 Å². The number of phenolic OH excluding ortho intramolecular Hbond substituents is 1. The molecule has 1 aromatic carbocycles. The highest BCUT2D eigenvalue weighted by Crippen LogP contribution is 2.51. The molecule has 0 spiro atoms. The summed E-state index contributed by atoms with van der Waals surface area (Å²) in [5, 5.41) is 22.6. The van der Waals surface area contributed by atoms with E-state index >= 15 is 0 Å². The first-order valence-electron chi connectivity index (χ1n) is 12.6. The number of hydrogen-bond donors (Lipinski definition) is 3. The third-order valence-electron chi connectivity index (χ3n) is 8.48. The lowest BCUT2D eigenvalue weighted by Crippen LogP contribution is -2.68. The van der Waals surface area contributed by atoms with Gasteiger partial charge in [-0.3, -0.25) is 28.9 Å². The van der Waals surface area contributed by atoms with Crippen molar-refractivity contribution in [1.29, 1.82) is 0 Å². The van der Waals surface area contributed by atoms with Gasteiger partial charge in [0.05, 0.1) is 11.5 Å². The Bertz CT molecular complexity index is 1270. The molecule has 5 atom stereocenters. The van der Waals surface area contributed by atoms with Crippen molar-refractivity contribution in [2.24, 2.45) is 29.4 Å². The Labute approximate surface area is 214 Å². The van der Waals surface area contributed by atoms with E-state index in [4.69, 9.17) is 5.73 Å². The highest BCUT2D eigenvalue weighted by molar-refractivity contribution is 6.31. The number of fused-ring (bicyclic) bond motifs is 3. The van der Waals surface area contributed by atoms with E-state index in [1.165, 1.54) is 0 Å². The smallest absolute Gasteiger partial charge is 0.235 e. The summed E-state index contributed by atoms with van der Waals surface area (Å²) in [6.07, 6.45) is 5.02. The number of carbonyl (C=O) groups excluding carboxylic acids is 5. The standard InChI is InChI=1S/C27H31N3O7/c1-29(2)17-10-14(12-30-6-4-3-5-7-30)22(32)20-16(17)9-13-8-15-11-18(31)21(26(28)36)25(35)27(15,37)24(34)19(13)23(20)33/h3-4,10,13,15,19,21,32,37H,5-9,11-12H2,1-2H3,(H2,28,36)/t13-,15+,19?,21?,27+/m1/s1. The molecule has 1 amide bonds. The van der Waals surface area contributed by atoms with Gasteiger partial charge in [-0.25, -0.2) is 0 Å². The first-order valence-corrected chi connectivity index (χ1v) is 12.6. The van der Waals surface area contributed by atoms with Crippen LogP contribution in [0.4, 0.5) is 5.69 Å². The van der Waals surface area contributed by atoms with Crippen LogP contribution in [-0.4, -0.2) is 76.9 Å². The van der Waals surface area contributed by atoms with E-state index in [1.54, 1.807) is 0 Å². The van der Waals surface area contributed by atoms with Crippen molar-refractivity contribution < 1.29 is 34.2 Å². The molecule has 10 nitrogen and oxygen atoms in total. The molecule has 196 valence electrons. The highest BCUT2D eigenvalue weighted by Gasteiger charge is 2.66. The summed E-state index contributed by atoms with van der Waals surface area (Å²) in [7, 11) is 3.67. The number of primary amides is 1. The first-order chi connectivity index (χ1) is 17.5. The van der Waals surface area contributed by atoms with Crippen LogP contribution in [0.5, 0.6) is 5.75 Å². The van der Waals surface area contributed by atoms with Crippen LogP contribution in [0.25, 0.3) is 0 Å². The Morgan fingerprint density at radius 3 is 2.51 bits per heavy atom. The lowest BCUT2D eigenvalue weighted by Gasteiger charge is -2.48. The number of phenols is 1. The number of anilines is 1. The van der Waals surface area contributed by atoms with Crippen molar-refractivity contribution in [3.63, 3.8) is 0 Å². The summed E-state index contributed by atoms with van der Waals surface area (Å²) in [4.78, 5) is 69.0. The molecular weight excluding hydrogens is 478 g/mol. The van der Waals surface area contributed by atoms with Crippen LogP contribution in [0, 0.1) is 23.7 Å². The van der Waals surface area contributed by atoms with Crippen LogP contribution in [0.1, 0.15) is 40.7 Å². The molecular formula is C27H31N3O7. The number of ketones is 4. The summed E-state index contributed by atoms with van der Waals surface area (Å²) < 4.78 is 0. The molecule has 1 aliphatic heterocycles. The minimum atomic E-state index is -2.64. The van der Waals surface area contributed by atoms with Crippen LogP contribution in [-0.2, 0) is 32.1 Å². The van der Waals surface area contributed by atoms with Crippen LogP contribution in [0.15, 0.2) is 18.2 Å². The van der Waals surface area contributed by atoms with E-state index in [-0.39, 0.29) is 30.6 Å². The third kappa shape index (κ3) is 3.73. The normalized spacial score (nSPS) is 31.5. The molecule has 5 rings (SSSR count). The minimum Gasteiger partial charge on any atom is -0.507 e. The van der Waals surface area contributed by atoms with Crippen LogP contribution >= 0.6 is 0 Å². The number of aliphatic hydroxyl groups is 1. The molecule has 1 heterocycles. The lowest BCUT2D eigenvalue weighted by molar-refractivity contribution is -0.175. The number of amides is 1. The molecule has 2 fully saturated rings. The van der Waals surface area contributed by atoms with Crippen LogP contribution < -0.4 is 10.6 Å². The Hall–Kier alpha value is -3.37.